The molecule has 0 radical (unpaired) electrons. The Morgan fingerprint density at radius 2 is 1.90 bits per heavy atom. The summed E-state index contributed by atoms with van der Waals surface area (Å²) < 4.78 is 4.99. The molecule has 0 saturated heterocycles. The van der Waals surface area contributed by atoms with Gasteiger partial charge < -0.3 is 20.9 Å². The minimum absolute atomic E-state index is 0.246. The molecular weight excluding hydrogens is 274 g/mol. The Morgan fingerprint density at radius 3 is 2.48 bits per heavy atom. The number of nitrogens with two attached hydrogens (primary N) is 1. The van der Waals surface area contributed by atoms with E-state index in [0.29, 0.717) is 17.1 Å². The molecule has 1 heterocycles. The Kier molecular flexibility index (Phi) is 4.35. The largest absolute Gasteiger partial charge is 0.482 e. The van der Waals surface area contributed by atoms with Crippen molar-refractivity contribution in [3.05, 3.63) is 48.3 Å². The number of amides is 1. The Morgan fingerprint density at radius 1 is 1.19 bits per heavy atom. The van der Waals surface area contributed by atoms with Crippen LogP contribution in [-0.4, -0.2) is 28.6 Å². The number of rotatable bonds is 5. The highest BCUT2D eigenvalue weighted by molar-refractivity contribution is 6.02. The van der Waals surface area contributed by atoms with Gasteiger partial charge in [-0.3, -0.25) is 4.79 Å². The zero-order valence-electron chi connectivity index (χ0n) is 10.9. The number of carboxylic acids is 1. The van der Waals surface area contributed by atoms with Gasteiger partial charge in [-0.15, -0.1) is 0 Å². The first-order chi connectivity index (χ1) is 10.0. The Labute approximate surface area is 120 Å². The second kappa shape index (κ2) is 6.38. The van der Waals surface area contributed by atoms with Crippen molar-refractivity contribution in [1.82, 2.24) is 4.98 Å². The van der Waals surface area contributed by atoms with Gasteiger partial charge in [0.15, 0.2) is 6.61 Å². The van der Waals surface area contributed by atoms with Gasteiger partial charge in [-0.2, -0.15) is 0 Å². The van der Waals surface area contributed by atoms with Crippen molar-refractivity contribution in [2.45, 2.75) is 0 Å². The molecule has 0 fully saturated rings. The number of carboxylic acid groups (broad SMARTS) is 1. The Balaban J connectivity index is 1.98. The smallest absolute Gasteiger partial charge is 0.341 e. The molecule has 7 heteroatoms. The predicted octanol–water partition coefficient (Wildman–Crippen LogP) is 1.38. The van der Waals surface area contributed by atoms with Gasteiger partial charge in [-0.05, 0) is 36.4 Å². The molecule has 0 atom stereocenters. The molecule has 108 valence electrons. The number of nitrogen functional groups attached to an aromatic ring is 1. The van der Waals surface area contributed by atoms with Crippen LogP contribution in [0.3, 0.4) is 0 Å². The van der Waals surface area contributed by atoms with E-state index in [1.54, 1.807) is 30.3 Å². The third-order valence-corrected chi connectivity index (χ3v) is 2.49. The molecule has 2 aromatic rings. The van der Waals surface area contributed by atoms with Crippen molar-refractivity contribution < 1.29 is 19.4 Å². The molecule has 0 unspecified atom stereocenters. The van der Waals surface area contributed by atoms with Crippen LogP contribution in [0.1, 0.15) is 10.5 Å². The number of ether oxygens (including phenoxy) is 1. The van der Waals surface area contributed by atoms with Gasteiger partial charge in [0.25, 0.3) is 5.91 Å². The van der Waals surface area contributed by atoms with E-state index in [-0.39, 0.29) is 11.6 Å². The number of carbonyl (C=O) groups excluding carboxylic acids is 1. The van der Waals surface area contributed by atoms with E-state index in [1.165, 1.54) is 12.3 Å². The molecule has 21 heavy (non-hydrogen) atoms. The van der Waals surface area contributed by atoms with Crippen molar-refractivity contribution in [3.8, 4) is 5.75 Å². The maximum absolute atomic E-state index is 11.9. The second-order valence-electron chi connectivity index (χ2n) is 4.14. The summed E-state index contributed by atoms with van der Waals surface area (Å²) in [5.74, 6) is -1.02. The van der Waals surface area contributed by atoms with E-state index in [1.807, 2.05) is 0 Å². The molecule has 1 amide bonds. The minimum atomic E-state index is -1.05. The molecule has 2 rings (SSSR count). The number of anilines is 2. The van der Waals surface area contributed by atoms with Crippen LogP contribution in [-0.2, 0) is 4.79 Å². The molecule has 0 aliphatic heterocycles. The topological polar surface area (TPSA) is 115 Å². The molecule has 0 aliphatic rings. The van der Waals surface area contributed by atoms with E-state index < -0.39 is 12.6 Å². The molecule has 4 N–H and O–H groups in total. The van der Waals surface area contributed by atoms with Crippen LogP contribution in [0.5, 0.6) is 5.75 Å². The Hall–Kier alpha value is -3.09. The van der Waals surface area contributed by atoms with Crippen molar-refractivity contribution in [3.63, 3.8) is 0 Å². The minimum Gasteiger partial charge on any atom is -0.482 e. The van der Waals surface area contributed by atoms with Gasteiger partial charge in [0, 0.05) is 5.69 Å². The van der Waals surface area contributed by atoms with Gasteiger partial charge in [-0.1, -0.05) is 0 Å². The summed E-state index contributed by atoms with van der Waals surface area (Å²) in [5, 5.41) is 11.2. The van der Waals surface area contributed by atoms with Crippen LogP contribution in [0.2, 0.25) is 0 Å². The lowest BCUT2D eigenvalue weighted by atomic mass is 10.2. The highest BCUT2D eigenvalue weighted by Gasteiger charge is 2.07. The number of aromatic nitrogens is 1. The number of hydrogen-bond donors (Lipinski definition) is 3. The van der Waals surface area contributed by atoms with Gasteiger partial charge in [0.1, 0.15) is 11.4 Å². The normalized spacial score (nSPS) is 9.90. The SMILES string of the molecule is Nc1ccc(C(=O)Nc2ccc(OCC(=O)O)cc2)nc1. The van der Waals surface area contributed by atoms with Crippen molar-refractivity contribution >= 4 is 23.3 Å². The van der Waals surface area contributed by atoms with Gasteiger partial charge in [0.2, 0.25) is 0 Å². The number of benzene rings is 1. The second-order valence-corrected chi connectivity index (χ2v) is 4.14. The fraction of sp³-hybridized carbons (Fsp3) is 0.0714. The summed E-state index contributed by atoms with van der Waals surface area (Å²) in [6.45, 7) is -0.416. The highest BCUT2D eigenvalue weighted by atomic mass is 16.5. The number of hydrogen-bond acceptors (Lipinski definition) is 5. The zero-order valence-corrected chi connectivity index (χ0v) is 10.9. The van der Waals surface area contributed by atoms with E-state index >= 15 is 0 Å². The summed E-state index contributed by atoms with van der Waals surface area (Å²) in [5.41, 5.74) is 6.76. The molecule has 1 aromatic heterocycles. The molecule has 0 bridgehead atoms. The van der Waals surface area contributed by atoms with Crippen molar-refractivity contribution in [2.24, 2.45) is 0 Å². The fourth-order valence-electron chi connectivity index (χ4n) is 1.51. The first kappa shape index (κ1) is 14.3. The summed E-state index contributed by atoms with van der Waals surface area (Å²) >= 11 is 0. The van der Waals surface area contributed by atoms with Gasteiger partial charge in [0.05, 0.1) is 11.9 Å². The van der Waals surface area contributed by atoms with E-state index in [0.717, 1.165) is 0 Å². The Bertz CT molecular complexity index is 638. The van der Waals surface area contributed by atoms with E-state index in [9.17, 15) is 9.59 Å². The summed E-state index contributed by atoms with van der Waals surface area (Å²) in [6, 6.07) is 9.45. The van der Waals surface area contributed by atoms with Crippen LogP contribution in [0.25, 0.3) is 0 Å². The van der Waals surface area contributed by atoms with Crippen LogP contribution in [0.15, 0.2) is 42.6 Å². The van der Waals surface area contributed by atoms with E-state index in [2.05, 4.69) is 10.3 Å². The molecule has 0 spiro atoms. The van der Waals surface area contributed by atoms with Crippen molar-refractivity contribution in [1.29, 1.82) is 0 Å². The average molecular weight is 287 g/mol. The number of nitrogens with zero attached hydrogens (tertiary/aromatic N) is 1. The first-order valence-corrected chi connectivity index (χ1v) is 6.02. The number of carbonyl (C=O) groups is 2. The highest BCUT2D eigenvalue weighted by Crippen LogP contribution is 2.16. The van der Waals surface area contributed by atoms with E-state index in [4.69, 9.17) is 15.6 Å². The fourth-order valence-corrected chi connectivity index (χ4v) is 1.51. The number of aliphatic carboxylic acids is 1. The third-order valence-electron chi connectivity index (χ3n) is 2.49. The number of pyridine rings is 1. The van der Waals surface area contributed by atoms with Crippen LogP contribution in [0.4, 0.5) is 11.4 Å². The quantitative estimate of drug-likeness (QED) is 0.765. The average Bonchev–Trinajstić information content (AvgIpc) is 2.47. The lowest BCUT2D eigenvalue weighted by molar-refractivity contribution is -0.139. The molecular formula is C14H13N3O4. The summed E-state index contributed by atoms with van der Waals surface area (Å²) in [6.07, 6.45) is 1.40. The van der Waals surface area contributed by atoms with Crippen LogP contribution in [0, 0.1) is 0 Å². The predicted molar refractivity (Wildman–Crippen MR) is 76.2 cm³/mol. The van der Waals surface area contributed by atoms with Gasteiger partial charge in [-0.25, -0.2) is 9.78 Å². The zero-order chi connectivity index (χ0) is 15.2. The summed E-state index contributed by atoms with van der Waals surface area (Å²) in [4.78, 5) is 26.2. The van der Waals surface area contributed by atoms with Crippen LogP contribution < -0.4 is 15.8 Å². The monoisotopic (exact) mass is 287 g/mol. The lowest BCUT2D eigenvalue weighted by Gasteiger charge is -2.07. The maximum atomic E-state index is 11.9. The molecule has 0 aliphatic carbocycles. The summed E-state index contributed by atoms with van der Waals surface area (Å²) in [7, 11) is 0. The number of nitrogens with one attached hydrogen (secondary N) is 1. The van der Waals surface area contributed by atoms with Crippen molar-refractivity contribution in [2.75, 3.05) is 17.7 Å². The standard InChI is InChI=1S/C14H13N3O4/c15-9-1-6-12(16-7-9)14(20)17-10-2-4-11(5-3-10)21-8-13(18)19/h1-7H,8,15H2,(H,17,20)(H,18,19). The third kappa shape index (κ3) is 4.20. The maximum Gasteiger partial charge on any atom is 0.341 e. The first-order valence-electron chi connectivity index (χ1n) is 6.02. The van der Waals surface area contributed by atoms with Crippen LogP contribution >= 0.6 is 0 Å². The lowest BCUT2D eigenvalue weighted by Crippen LogP contribution is -2.13. The van der Waals surface area contributed by atoms with Gasteiger partial charge >= 0.3 is 5.97 Å². The molecule has 1 aromatic carbocycles. The molecule has 7 nitrogen and oxygen atoms in total. The molecule has 0 saturated carbocycles.